The molecule has 0 aromatic carbocycles. The van der Waals surface area contributed by atoms with Crippen LogP contribution in [0.1, 0.15) is 31.4 Å². The van der Waals surface area contributed by atoms with Crippen LogP contribution < -0.4 is 10.2 Å². The van der Waals surface area contributed by atoms with Gasteiger partial charge in [0.2, 0.25) is 0 Å². The van der Waals surface area contributed by atoms with E-state index in [4.69, 9.17) is 4.52 Å². The van der Waals surface area contributed by atoms with E-state index < -0.39 is 0 Å². The van der Waals surface area contributed by atoms with E-state index in [9.17, 15) is 0 Å². The third-order valence-electron chi connectivity index (χ3n) is 2.95. The maximum absolute atomic E-state index is 5.03. The van der Waals surface area contributed by atoms with Crippen molar-refractivity contribution in [3.8, 4) is 0 Å². The quantitative estimate of drug-likeness (QED) is 0.874. The highest BCUT2D eigenvalue weighted by molar-refractivity contribution is 5.56. The van der Waals surface area contributed by atoms with Gasteiger partial charge in [0.1, 0.15) is 23.2 Å². The fraction of sp³-hybridized carbons (Fsp3) is 0.500. The van der Waals surface area contributed by atoms with Gasteiger partial charge in [0.15, 0.2) is 5.82 Å². The average molecular weight is 275 g/mol. The molecule has 0 aliphatic heterocycles. The van der Waals surface area contributed by atoms with Gasteiger partial charge in [0.25, 0.3) is 0 Å². The second kappa shape index (κ2) is 6.36. The van der Waals surface area contributed by atoms with Crippen molar-refractivity contribution >= 4 is 17.5 Å². The van der Waals surface area contributed by atoms with Crippen molar-refractivity contribution in [2.24, 2.45) is 0 Å². The van der Waals surface area contributed by atoms with E-state index in [2.05, 4.69) is 32.3 Å². The highest BCUT2D eigenvalue weighted by Gasteiger charge is 2.08. The van der Waals surface area contributed by atoms with E-state index in [0.717, 1.165) is 42.6 Å². The normalized spacial score (nSPS) is 10.6. The molecule has 2 rings (SSSR count). The van der Waals surface area contributed by atoms with Crippen LogP contribution in [-0.2, 0) is 0 Å². The lowest BCUT2D eigenvalue weighted by Crippen LogP contribution is -2.20. The fourth-order valence-corrected chi connectivity index (χ4v) is 1.88. The Morgan fingerprint density at radius 3 is 2.65 bits per heavy atom. The molecule has 0 atom stereocenters. The molecular weight excluding hydrogens is 254 g/mol. The maximum atomic E-state index is 5.03. The smallest absolute Gasteiger partial charge is 0.175 e. The minimum absolute atomic E-state index is 0.655. The van der Waals surface area contributed by atoms with Crippen molar-refractivity contribution in [2.45, 2.75) is 33.6 Å². The molecule has 0 aliphatic rings. The molecule has 0 saturated carbocycles. The Balaban J connectivity index is 2.15. The number of rotatable bonds is 6. The van der Waals surface area contributed by atoms with Crippen LogP contribution in [0.25, 0.3) is 0 Å². The van der Waals surface area contributed by atoms with Crippen molar-refractivity contribution in [1.29, 1.82) is 0 Å². The first-order valence-electron chi connectivity index (χ1n) is 6.85. The van der Waals surface area contributed by atoms with Crippen LogP contribution in [0.3, 0.4) is 0 Å². The van der Waals surface area contributed by atoms with Crippen molar-refractivity contribution in [1.82, 2.24) is 15.1 Å². The summed E-state index contributed by atoms with van der Waals surface area (Å²) in [5.41, 5.74) is 0. The van der Waals surface area contributed by atoms with Crippen LogP contribution in [-0.4, -0.2) is 28.7 Å². The summed E-state index contributed by atoms with van der Waals surface area (Å²) >= 11 is 0. The molecule has 6 nitrogen and oxygen atoms in total. The number of anilines is 3. The van der Waals surface area contributed by atoms with Gasteiger partial charge in [-0.15, -0.1) is 0 Å². The molecule has 0 bridgehead atoms. The molecular formula is C14H21N5O. The Morgan fingerprint density at radius 2 is 2.00 bits per heavy atom. The summed E-state index contributed by atoms with van der Waals surface area (Å²) in [5, 5.41) is 7.04. The average Bonchev–Trinajstić information content (AvgIpc) is 2.80. The van der Waals surface area contributed by atoms with E-state index in [1.165, 1.54) is 0 Å². The number of nitrogens with zero attached hydrogens (tertiary/aromatic N) is 4. The molecule has 6 heteroatoms. The number of unbranched alkanes of at least 4 members (excludes halogenated alkanes) is 1. The monoisotopic (exact) mass is 275 g/mol. The van der Waals surface area contributed by atoms with E-state index in [-0.39, 0.29) is 0 Å². The lowest BCUT2D eigenvalue weighted by atomic mass is 10.3. The van der Waals surface area contributed by atoms with Gasteiger partial charge in [-0.25, -0.2) is 9.97 Å². The summed E-state index contributed by atoms with van der Waals surface area (Å²) in [4.78, 5) is 11.0. The maximum Gasteiger partial charge on any atom is 0.175 e. The van der Waals surface area contributed by atoms with Crippen molar-refractivity contribution in [2.75, 3.05) is 23.8 Å². The molecule has 0 spiro atoms. The molecule has 1 N–H and O–H groups in total. The van der Waals surface area contributed by atoms with Gasteiger partial charge < -0.3 is 14.7 Å². The zero-order chi connectivity index (χ0) is 14.5. The van der Waals surface area contributed by atoms with Crippen molar-refractivity contribution < 1.29 is 4.52 Å². The Bertz CT molecular complexity index is 566. The second-order valence-electron chi connectivity index (χ2n) is 4.88. The first kappa shape index (κ1) is 14.3. The van der Waals surface area contributed by atoms with Crippen LogP contribution in [0.15, 0.2) is 16.7 Å². The molecule has 2 heterocycles. The zero-order valence-electron chi connectivity index (χ0n) is 12.5. The molecule has 108 valence electrons. The molecule has 20 heavy (non-hydrogen) atoms. The number of hydrogen-bond donors (Lipinski definition) is 1. The van der Waals surface area contributed by atoms with Crippen LogP contribution >= 0.6 is 0 Å². The minimum Gasteiger partial charge on any atom is -0.360 e. The van der Waals surface area contributed by atoms with Crippen LogP contribution in [0.4, 0.5) is 17.5 Å². The first-order chi connectivity index (χ1) is 9.58. The Labute approximate surface area is 119 Å². The summed E-state index contributed by atoms with van der Waals surface area (Å²) in [6, 6.07) is 3.75. The van der Waals surface area contributed by atoms with Crippen molar-refractivity contribution in [3.05, 3.63) is 23.7 Å². The van der Waals surface area contributed by atoms with Gasteiger partial charge in [-0.05, 0) is 20.3 Å². The van der Waals surface area contributed by atoms with Gasteiger partial charge in [-0.1, -0.05) is 18.5 Å². The summed E-state index contributed by atoms with van der Waals surface area (Å²) in [6.07, 6.45) is 2.31. The summed E-state index contributed by atoms with van der Waals surface area (Å²) in [6.45, 7) is 6.90. The molecule has 2 aromatic heterocycles. The fourth-order valence-electron chi connectivity index (χ4n) is 1.88. The molecule has 0 amide bonds. The van der Waals surface area contributed by atoms with Crippen LogP contribution in [0, 0.1) is 13.8 Å². The van der Waals surface area contributed by atoms with Crippen molar-refractivity contribution in [3.63, 3.8) is 0 Å². The van der Waals surface area contributed by atoms with E-state index in [0.29, 0.717) is 5.82 Å². The molecule has 0 aliphatic carbocycles. The van der Waals surface area contributed by atoms with Gasteiger partial charge in [-0.2, -0.15) is 0 Å². The zero-order valence-corrected chi connectivity index (χ0v) is 12.5. The van der Waals surface area contributed by atoms with Gasteiger partial charge in [-0.3, -0.25) is 0 Å². The van der Waals surface area contributed by atoms with E-state index in [1.54, 1.807) is 0 Å². The molecule has 0 unspecified atom stereocenters. The Kier molecular flexibility index (Phi) is 4.55. The summed E-state index contributed by atoms with van der Waals surface area (Å²) in [7, 11) is 2.04. The molecule has 0 saturated heterocycles. The Hall–Kier alpha value is -2.11. The second-order valence-corrected chi connectivity index (χ2v) is 4.88. The highest BCUT2D eigenvalue weighted by atomic mass is 16.5. The number of hydrogen-bond acceptors (Lipinski definition) is 6. The minimum atomic E-state index is 0.655. The number of aromatic nitrogens is 3. The van der Waals surface area contributed by atoms with Gasteiger partial charge >= 0.3 is 0 Å². The lowest BCUT2D eigenvalue weighted by Gasteiger charge is -2.18. The molecule has 2 aromatic rings. The topological polar surface area (TPSA) is 67.1 Å². The third-order valence-corrected chi connectivity index (χ3v) is 2.95. The third kappa shape index (κ3) is 3.69. The summed E-state index contributed by atoms with van der Waals surface area (Å²) < 4.78 is 5.03. The molecule has 0 radical (unpaired) electrons. The lowest BCUT2D eigenvalue weighted by molar-refractivity contribution is 0.400. The predicted octanol–water partition coefficient (Wildman–Crippen LogP) is 3.06. The van der Waals surface area contributed by atoms with Crippen LogP contribution in [0.2, 0.25) is 0 Å². The summed E-state index contributed by atoms with van der Waals surface area (Å²) in [5.74, 6) is 3.78. The van der Waals surface area contributed by atoms with Gasteiger partial charge in [0.05, 0.1) is 0 Å². The largest absolute Gasteiger partial charge is 0.360 e. The Morgan fingerprint density at radius 1 is 1.20 bits per heavy atom. The van der Waals surface area contributed by atoms with Crippen LogP contribution in [0.5, 0.6) is 0 Å². The first-order valence-corrected chi connectivity index (χ1v) is 6.85. The number of aryl methyl sites for hydroxylation is 2. The molecule has 0 fully saturated rings. The predicted molar refractivity (Wildman–Crippen MR) is 79.5 cm³/mol. The van der Waals surface area contributed by atoms with E-state index >= 15 is 0 Å². The van der Waals surface area contributed by atoms with E-state index in [1.807, 2.05) is 33.0 Å². The highest BCUT2D eigenvalue weighted by Crippen LogP contribution is 2.19. The number of nitrogens with one attached hydrogen (secondary N) is 1. The SMILES string of the molecule is CCCCN(C)c1cc(Nc2cc(C)on2)nc(C)n1. The standard InChI is InChI=1S/C14H21N5O/c1-5-6-7-19(4)14-9-12(15-11(3)16-14)17-13-8-10(2)20-18-13/h8-9H,5-7H2,1-4H3,(H,15,16,17,18). The van der Waals surface area contributed by atoms with Gasteiger partial charge in [0, 0.05) is 25.7 Å².